The van der Waals surface area contributed by atoms with E-state index in [1.807, 2.05) is 6.92 Å². The van der Waals surface area contributed by atoms with Gasteiger partial charge in [-0.1, -0.05) is 37.9 Å². The van der Waals surface area contributed by atoms with Crippen molar-refractivity contribution in [3.8, 4) is 0 Å². The van der Waals surface area contributed by atoms with Gasteiger partial charge in [-0.3, -0.25) is 9.69 Å². The highest BCUT2D eigenvalue weighted by molar-refractivity contribution is 7.80. The van der Waals surface area contributed by atoms with E-state index in [-0.39, 0.29) is 18.0 Å². The van der Waals surface area contributed by atoms with Crippen molar-refractivity contribution in [3.63, 3.8) is 0 Å². The van der Waals surface area contributed by atoms with E-state index in [0.717, 1.165) is 38.6 Å². The number of rotatable bonds is 4. The van der Waals surface area contributed by atoms with Crippen LogP contribution in [0.4, 0.5) is 0 Å². The molecule has 1 heterocycles. The molecule has 2 rings (SSSR count). The molecule has 1 saturated heterocycles. The minimum atomic E-state index is -0.135. The van der Waals surface area contributed by atoms with E-state index >= 15 is 0 Å². The zero-order valence-electron chi connectivity index (χ0n) is 12.4. The second kappa shape index (κ2) is 7.36. The number of likely N-dealkylation sites (tertiary alicyclic amines) is 1. The molecule has 0 aromatic rings. The number of hydrogen-bond donors (Lipinski definition) is 2. The Kier molecular flexibility index (Phi) is 5.78. The van der Waals surface area contributed by atoms with Gasteiger partial charge < -0.3 is 11.1 Å². The highest BCUT2D eigenvalue weighted by atomic mass is 32.1. The molecule has 1 saturated carbocycles. The number of nitrogens with two attached hydrogens (primary N) is 1. The molecular formula is C15H27N3OS. The predicted octanol–water partition coefficient (Wildman–Crippen LogP) is 1.96. The van der Waals surface area contributed by atoms with Crippen molar-refractivity contribution in [2.24, 2.45) is 5.73 Å². The summed E-state index contributed by atoms with van der Waals surface area (Å²) in [6.45, 7) is 2.90. The number of piperidine rings is 1. The maximum atomic E-state index is 12.4. The Labute approximate surface area is 127 Å². The number of carbonyl (C=O) groups is 1. The summed E-state index contributed by atoms with van der Waals surface area (Å²) in [6.07, 6.45) is 9.27. The zero-order valence-corrected chi connectivity index (χ0v) is 13.3. The molecule has 0 spiro atoms. The van der Waals surface area contributed by atoms with Crippen LogP contribution in [0, 0.1) is 0 Å². The van der Waals surface area contributed by atoms with Crippen LogP contribution >= 0.6 is 12.2 Å². The van der Waals surface area contributed by atoms with Crippen molar-refractivity contribution >= 4 is 23.1 Å². The van der Waals surface area contributed by atoms with Crippen molar-refractivity contribution in [2.75, 3.05) is 6.54 Å². The molecule has 0 radical (unpaired) electrons. The summed E-state index contributed by atoms with van der Waals surface area (Å²) in [7, 11) is 0. The second-order valence-corrected chi connectivity index (χ2v) is 6.64. The van der Waals surface area contributed by atoms with Crippen LogP contribution in [-0.4, -0.2) is 40.5 Å². The van der Waals surface area contributed by atoms with Gasteiger partial charge in [-0.05, 0) is 39.2 Å². The fraction of sp³-hybridized carbons (Fsp3) is 0.867. The largest absolute Gasteiger partial charge is 0.392 e. The molecule has 1 aliphatic heterocycles. The highest BCUT2D eigenvalue weighted by Gasteiger charge is 2.32. The van der Waals surface area contributed by atoms with Gasteiger partial charge in [0, 0.05) is 6.04 Å². The van der Waals surface area contributed by atoms with Gasteiger partial charge >= 0.3 is 0 Å². The van der Waals surface area contributed by atoms with Crippen LogP contribution in [0.25, 0.3) is 0 Å². The third-order valence-electron chi connectivity index (χ3n) is 4.70. The Morgan fingerprint density at radius 1 is 1.20 bits per heavy atom. The van der Waals surface area contributed by atoms with E-state index in [1.54, 1.807) is 0 Å². The molecule has 3 N–H and O–H groups in total. The fourth-order valence-electron chi connectivity index (χ4n) is 3.44. The summed E-state index contributed by atoms with van der Waals surface area (Å²) in [4.78, 5) is 15.2. The van der Waals surface area contributed by atoms with Crippen LogP contribution in [0.5, 0.6) is 0 Å². The van der Waals surface area contributed by atoms with Gasteiger partial charge in [0.2, 0.25) is 5.91 Å². The van der Waals surface area contributed by atoms with Gasteiger partial charge in [0.05, 0.1) is 17.1 Å². The lowest BCUT2D eigenvalue weighted by Gasteiger charge is -2.39. The van der Waals surface area contributed by atoms with Crippen molar-refractivity contribution in [2.45, 2.75) is 76.4 Å². The van der Waals surface area contributed by atoms with Gasteiger partial charge in [0.15, 0.2) is 0 Å². The molecule has 0 bridgehead atoms. The van der Waals surface area contributed by atoms with Gasteiger partial charge in [0.1, 0.15) is 0 Å². The summed E-state index contributed by atoms with van der Waals surface area (Å²) in [5.74, 6) is 0.139. The van der Waals surface area contributed by atoms with Crippen LogP contribution in [0.2, 0.25) is 0 Å². The summed E-state index contributed by atoms with van der Waals surface area (Å²) in [5.41, 5.74) is 5.84. The van der Waals surface area contributed by atoms with Crippen molar-refractivity contribution in [1.82, 2.24) is 10.2 Å². The first-order valence-corrected chi connectivity index (χ1v) is 8.36. The summed E-state index contributed by atoms with van der Waals surface area (Å²) >= 11 is 5.16. The van der Waals surface area contributed by atoms with E-state index in [2.05, 4.69) is 10.2 Å². The fourth-order valence-corrected chi connectivity index (χ4v) is 3.70. The SMILES string of the molecule is CC(C(=O)NC1CCCCC1)N1CCCCC1C(N)=S. The molecule has 20 heavy (non-hydrogen) atoms. The van der Waals surface area contributed by atoms with Crippen molar-refractivity contribution < 1.29 is 4.79 Å². The van der Waals surface area contributed by atoms with Crippen molar-refractivity contribution in [1.29, 1.82) is 0 Å². The van der Waals surface area contributed by atoms with Gasteiger partial charge in [-0.2, -0.15) is 0 Å². The minimum absolute atomic E-state index is 0.0888. The molecule has 2 fully saturated rings. The molecule has 2 atom stereocenters. The van der Waals surface area contributed by atoms with Crippen LogP contribution in [0.15, 0.2) is 0 Å². The van der Waals surface area contributed by atoms with E-state index in [1.165, 1.54) is 19.3 Å². The first kappa shape index (κ1) is 15.7. The van der Waals surface area contributed by atoms with Gasteiger partial charge in [-0.15, -0.1) is 0 Å². The third-order valence-corrected chi connectivity index (χ3v) is 4.97. The Morgan fingerprint density at radius 2 is 1.85 bits per heavy atom. The number of hydrogen-bond acceptors (Lipinski definition) is 3. The van der Waals surface area contributed by atoms with Gasteiger partial charge in [0.25, 0.3) is 0 Å². The van der Waals surface area contributed by atoms with Gasteiger partial charge in [-0.25, -0.2) is 0 Å². The minimum Gasteiger partial charge on any atom is -0.392 e. The molecule has 2 unspecified atom stereocenters. The number of amides is 1. The lowest BCUT2D eigenvalue weighted by molar-refractivity contribution is -0.127. The lowest BCUT2D eigenvalue weighted by Crippen LogP contribution is -2.56. The maximum absolute atomic E-state index is 12.4. The van der Waals surface area contributed by atoms with Crippen LogP contribution in [0.3, 0.4) is 0 Å². The Bertz CT molecular complexity index is 355. The summed E-state index contributed by atoms with van der Waals surface area (Å²) < 4.78 is 0. The van der Waals surface area contributed by atoms with E-state index < -0.39 is 0 Å². The summed E-state index contributed by atoms with van der Waals surface area (Å²) in [5, 5.41) is 3.21. The standard InChI is InChI=1S/C15H27N3OS/c1-11(15(19)17-12-7-3-2-4-8-12)18-10-6-5-9-13(18)14(16)20/h11-13H,2-10H2,1H3,(H2,16,20)(H,17,19). The predicted molar refractivity (Wildman–Crippen MR) is 85.6 cm³/mol. The Balaban J connectivity index is 1.92. The smallest absolute Gasteiger partial charge is 0.237 e. The Hall–Kier alpha value is -0.680. The number of nitrogens with one attached hydrogen (secondary N) is 1. The normalized spacial score (nSPS) is 26.9. The number of nitrogens with zero attached hydrogens (tertiary/aromatic N) is 1. The van der Waals surface area contributed by atoms with E-state index in [0.29, 0.717) is 11.0 Å². The molecule has 1 aliphatic carbocycles. The molecule has 0 aromatic heterocycles. The first-order chi connectivity index (χ1) is 9.59. The maximum Gasteiger partial charge on any atom is 0.237 e. The highest BCUT2D eigenvalue weighted by Crippen LogP contribution is 2.21. The molecule has 5 heteroatoms. The molecule has 2 aliphatic rings. The van der Waals surface area contributed by atoms with Crippen LogP contribution < -0.4 is 11.1 Å². The second-order valence-electron chi connectivity index (χ2n) is 6.17. The molecule has 4 nitrogen and oxygen atoms in total. The molecular weight excluding hydrogens is 270 g/mol. The average Bonchev–Trinajstić information content (AvgIpc) is 2.47. The van der Waals surface area contributed by atoms with Crippen molar-refractivity contribution in [3.05, 3.63) is 0 Å². The zero-order chi connectivity index (χ0) is 14.5. The monoisotopic (exact) mass is 297 g/mol. The molecule has 1 amide bonds. The number of carbonyl (C=O) groups excluding carboxylic acids is 1. The van der Waals surface area contributed by atoms with E-state index in [9.17, 15) is 4.79 Å². The summed E-state index contributed by atoms with van der Waals surface area (Å²) in [6, 6.07) is 0.321. The first-order valence-electron chi connectivity index (χ1n) is 7.95. The average molecular weight is 297 g/mol. The third kappa shape index (κ3) is 3.92. The topological polar surface area (TPSA) is 58.4 Å². The lowest BCUT2D eigenvalue weighted by atomic mass is 9.95. The molecule has 114 valence electrons. The van der Waals surface area contributed by atoms with E-state index in [4.69, 9.17) is 18.0 Å². The van der Waals surface area contributed by atoms with Crippen LogP contribution in [0.1, 0.15) is 58.3 Å². The molecule has 0 aromatic carbocycles. The Morgan fingerprint density at radius 3 is 2.50 bits per heavy atom. The quantitative estimate of drug-likeness (QED) is 0.779. The van der Waals surface area contributed by atoms with Crippen LogP contribution in [-0.2, 0) is 4.79 Å². The number of thiocarbonyl (C=S) groups is 1.